The Morgan fingerprint density at radius 3 is 2.65 bits per heavy atom. The van der Waals surface area contributed by atoms with Crippen molar-refractivity contribution in [1.82, 2.24) is 5.32 Å². The lowest BCUT2D eigenvalue weighted by molar-refractivity contribution is 0.0927. The Hall–Kier alpha value is -1.81. The molecule has 1 aromatic rings. The molecule has 1 aromatic carbocycles. The summed E-state index contributed by atoms with van der Waals surface area (Å²) in [6, 6.07) is 6.10. The zero-order valence-corrected chi connectivity index (χ0v) is 9.90. The molecule has 92 valence electrons. The second-order valence-electron chi connectivity index (χ2n) is 3.81. The summed E-state index contributed by atoms with van der Waals surface area (Å²) < 4.78 is 5.25. The van der Waals surface area contributed by atoms with Crippen molar-refractivity contribution in [1.29, 1.82) is 0 Å². The number of aromatic hydroxyl groups is 1. The van der Waals surface area contributed by atoms with E-state index >= 15 is 0 Å². The quantitative estimate of drug-likeness (QED) is 0.583. The summed E-state index contributed by atoms with van der Waals surface area (Å²) in [7, 11) is 0. The minimum atomic E-state index is -0.177. The van der Waals surface area contributed by atoms with Gasteiger partial charge in [-0.15, -0.1) is 0 Å². The molecule has 2 N–H and O–H groups in total. The molecule has 1 rings (SSSR count). The summed E-state index contributed by atoms with van der Waals surface area (Å²) >= 11 is 0. The third kappa shape index (κ3) is 5.17. The summed E-state index contributed by atoms with van der Waals surface area (Å²) in [6.07, 6.45) is 0. The fourth-order valence-electron chi connectivity index (χ4n) is 1.20. The predicted octanol–water partition coefficient (Wildman–Crippen LogP) is 1.71. The Morgan fingerprint density at radius 1 is 1.41 bits per heavy atom. The Kier molecular flexibility index (Phi) is 5.23. The maximum absolute atomic E-state index is 11.6. The zero-order chi connectivity index (χ0) is 12.7. The van der Waals surface area contributed by atoms with Gasteiger partial charge in [-0.2, -0.15) is 0 Å². The number of carbonyl (C=O) groups is 1. The number of amides is 1. The van der Waals surface area contributed by atoms with E-state index in [9.17, 15) is 4.79 Å². The van der Waals surface area contributed by atoms with E-state index in [2.05, 4.69) is 11.9 Å². The number of phenolic OH excluding ortho intramolecular Hbond substituents is 1. The third-order valence-corrected chi connectivity index (χ3v) is 2.01. The van der Waals surface area contributed by atoms with Crippen LogP contribution in [-0.2, 0) is 4.74 Å². The maximum atomic E-state index is 11.6. The van der Waals surface area contributed by atoms with E-state index in [4.69, 9.17) is 9.84 Å². The van der Waals surface area contributed by atoms with Crippen molar-refractivity contribution in [3.63, 3.8) is 0 Å². The first-order valence-corrected chi connectivity index (χ1v) is 5.39. The molecule has 0 fully saturated rings. The molecule has 0 aromatic heterocycles. The summed E-state index contributed by atoms with van der Waals surface area (Å²) in [5.74, 6) is -0.0322. The lowest BCUT2D eigenvalue weighted by Crippen LogP contribution is -2.27. The molecular weight excluding hydrogens is 218 g/mol. The maximum Gasteiger partial charge on any atom is 0.251 e. The number of carbonyl (C=O) groups excluding carboxylic acids is 1. The van der Waals surface area contributed by atoms with Crippen LogP contribution < -0.4 is 5.32 Å². The molecule has 0 spiro atoms. The molecular formula is C13H17NO3. The van der Waals surface area contributed by atoms with Crippen LogP contribution in [0.15, 0.2) is 36.4 Å². The van der Waals surface area contributed by atoms with Gasteiger partial charge in [0.15, 0.2) is 0 Å². The first-order chi connectivity index (χ1) is 8.09. The Labute approximate surface area is 101 Å². The van der Waals surface area contributed by atoms with E-state index in [0.29, 0.717) is 25.3 Å². The van der Waals surface area contributed by atoms with Crippen molar-refractivity contribution in [2.45, 2.75) is 6.92 Å². The Balaban J connectivity index is 2.25. The van der Waals surface area contributed by atoms with Gasteiger partial charge in [0.05, 0.1) is 13.2 Å². The minimum absolute atomic E-state index is 0.145. The molecule has 0 radical (unpaired) electrons. The molecule has 4 heteroatoms. The van der Waals surface area contributed by atoms with E-state index in [0.717, 1.165) is 5.57 Å². The van der Waals surface area contributed by atoms with E-state index in [1.54, 1.807) is 12.1 Å². The summed E-state index contributed by atoms with van der Waals surface area (Å²) in [4.78, 5) is 11.6. The van der Waals surface area contributed by atoms with Crippen LogP contribution in [0.4, 0.5) is 0 Å². The average molecular weight is 235 g/mol. The number of hydrogen-bond donors (Lipinski definition) is 2. The van der Waals surface area contributed by atoms with Gasteiger partial charge < -0.3 is 15.2 Å². The highest BCUT2D eigenvalue weighted by Gasteiger charge is 2.03. The van der Waals surface area contributed by atoms with Crippen molar-refractivity contribution < 1.29 is 14.6 Å². The summed E-state index contributed by atoms with van der Waals surface area (Å²) in [5.41, 5.74) is 1.47. The molecule has 0 aliphatic rings. The van der Waals surface area contributed by atoms with E-state index in [1.165, 1.54) is 12.1 Å². The van der Waals surface area contributed by atoms with E-state index in [1.807, 2.05) is 6.92 Å². The van der Waals surface area contributed by atoms with E-state index < -0.39 is 0 Å². The lowest BCUT2D eigenvalue weighted by atomic mass is 10.2. The molecule has 1 amide bonds. The highest BCUT2D eigenvalue weighted by atomic mass is 16.5. The van der Waals surface area contributed by atoms with Gasteiger partial charge in [-0.05, 0) is 31.2 Å². The lowest BCUT2D eigenvalue weighted by Gasteiger charge is -2.06. The number of phenols is 1. The monoisotopic (exact) mass is 235 g/mol. The normalized spacial score (nSPS) is 9.94. The number of benzene rings is 1. The van der Waals surface area contributed by atoms with Crippen LogP contribution in [0.3, 0.4) is 0 Å². The zero-order valence-electron chi connectivity index (χ0n) is 9.90. The molecule has 0 saturated carbocycles. The molecule has 0 saturated heterocycles. The van der Waals surface area contributed by atoms with Crippen molar-refractivity contribution >= 4 is 5.91 Å². The number of rotatable bonds is 6. The topological polar surface area (TPSA) is 58.6 Å². The highest BCUT2D eigenvalue weighted by molar-refractivity contribution is 5.94. The van der Waals surface area contributed by atoms with Crippen molar-refractivity contribution in [2.24, 2.45) is 0 Å². The number of hydrogen-bond acceptors (Lipinski definition) is 3. The average Bonchev–Trinajstić information content (AvgIpc) is 2.29. The molecule has 4 nitrogen and oxygen atoms in total. The highest BCUT2D eigenvalue weighted by Crippen LogP contribution is 2.09. The fourth-order valence-corrected chi connectivity index (χ4v) is 1.20. The third-order valence-electron chi connectivity index (χ3n) is 2.01. The fraction of sp³-hybridized carbons (Fsp3) is 0.308. The van der Waals surface area contributed by atoms with Gasteiger partial charge in [0.25, 0.3) is 5.91 Å². The standard InChI is InChI=1S/C13H17NO3/c1-10(2)9-17-8-7-14-13(16)11-3-5-12(15)6-4-11/h3-6,15H,1,7-9H2,2H3,(H,14,16). The number of nitrogens with one attached hydrogen (secondary N) is 1. The van der Waals surface area contributed by atoms with E-state index in [-0.39, 0.29) is 11.7 Å². The molecule has 17 heavy (non-hydrogen) atoms. The smallest absolute Gasteiger partial charge is 0.251 e. The van der Waals surface area contributed by atoms with Gasteiger partial charge in [-0.3, -0.25) is 4.79 Å². The first kappa shape index (κ1) is 13.3. The SMILES string of the molecule is C=C(C)COCCNC(=O)c1ccc(O)cc1. The van der Waals surface area contributed by atoms with Crippen LogP contribution in [0, 0.1) is 0 Å². The molecule has 0 unspecified atom stereocenters. The molecule has 0 heterocycles. The van der Waals surface area contributed by atoms with Crippen LogP contribution in [0.1, 0.15) is 17.3 Å². The molecule has 0 atom stereocenters. The minimum Gasteiger partial charge on any atom is -0.508 e. The predicted molar refractivity (Wildman–Crippen MR) is 66.1 cm³/mol. The van der Waals surface area contributed by atoms with Gasteiger partial charge >= 0.3 is 0 Å². The van der Waals surface area contributed by atoms with Crippen LogP contribution >= 0.6 is 0 Å². The molecule has 0 aliphatic carbocycles. The van der Waals surface area contributed by atoms with Crippen molar-refractivity contribution in [3.05, 3.63) is 42.0 Å². The number of ether oxygens (including phenoxy) is 1. The second-order valence-corrected chi connectivity index (χ2v) is 3.81. The van der Waals surface area contributed by atoms with Crippen LogP contribution in [0.2, 0.25) is 0 Å². The van der Waals surface area contributed by atoms with Crippen molar-refractivity contribution in [2.75, 3.05) is 19.8 Å². The van der Waals surface area contributed by atoms with Gasteiger partial charge in [-0.25, -0.2) is 0 Å². The summed E-state index contributed by atoms with van der Waals surface area (Å²) in [5, 5.41) is 11.8. The molecule has 0 aliphatic heterocycles. The Morgan fingerprint density at radius 2 is 2.06 bits per heavy atom. The van der Waals surface area contributed by atoms with Gasteiger partial charge in [-0.1, -0.05) is 12.2 Å². The van der Waals surface area contributed by atoms with Crippen LogP contribution in [0.25, 0.3) is 0 Å². The molecule has 0 bridgehead atoms. The first-order valence-electron chi connectivity index (χ1n) is 5.39. The van der Waals surface area contributed by atoms with Gasteiger partial charge in [0.1, 0.15) is 5.75 Å². The van der Waals surface area contributed by atoms with Crippen molar-refractivity contribution in [3.8, 4) is 5.75 Å². The van der Waals surface area contributed by atoms with Gasteiger partial charge in [0.2, 0.25) is 0 Å². The Bertz CT molecular complexity index is 384. The second kappa shape index (κ2) is 6.70. The van der Waals surface area contributed by atoms with Crippen LogP contribution in [-0.4, -0.2) is 30.8 Å². The van der Waals surface area contributed by atoms with Gasteiger partial charge in [0, 0.05) is 12.1 Å². The largest absolute Gasteiger partial charge is 0.508 e. The summed E-state index contributed by atoms with van der Waals surface area (Å²) in [6.45, 7) is 7.01. The van der Waals surface area contributed by atoms with Crippen LogP contribution in [0.5, 0.6) is 5.75 Å².